The predicted molar refractivity (Wildman–Crippen MR) is 159 cm³/mol. The molecule has 38 heavy (non-hydrogen) atoms. The normalized spacial score (nSPS) is 11.0. The second-order valence-corrected chi connectivity index (χ2v) is 10.8. The summed E-state index contributed by atoms with van der Waals surface area (Å²) in [7, 11) is 1.73. The quantitative estimate of drug-likeness (QED) is 0.230. The van der Waals surface area contributed by atoms with E-state index < -0.39 is 5.41 Å². The van der Waals surface area contributed by atoms with Crippen molar-refractivity contribution in [2.75, 3.05) is 20.3 Å². The van der Waals surface area contributed by atoms with E-state index in [-0.39, 0.29) is 11.5 Å². The number of hydrogen-bond acceptors (Lipinski definition) is 5. The van der Waals surface area contributed by atoms with Crippen LogP contribution >= 0.6 is 0 Å². The Morgan fingerprint density at radius 2 is 1.71 bits per heavy atom. The summed E-state index contributed by atoms with van der Waals surface area (Å²) in [5, 5.41) is 23.2. The summed E-state index contributed by atoms with van der Waals surface area (Å²) < 4.78 is 4.98. The number of hydrogen-bond donors (Lipinski definition) is 3. The molecule has 5 nitrogen and oxygen atoms in total. The fourth-order valence-electron chi connectivity index (χ4n) is 3.68. The van der Waals surface area contributed by atoms with Gasteiger partial charge in [0.25, 0.3) is 0 Å². The number of aromatic nitrogens is 1. The highest BCUT2D eigenvalue weighted by atomic mass is 16.5. The minimum Gasteiger partial charge on any atom is -0.512 e. The maximum absolute atomic E-state index is 10.4. The number of ether oxygens (including phenoxy) is 1. The zero-order valence-electron chi connectivity index (χ0n) is 23.8. The highest BCUT2D eigenvalue weighted by Crippen LogP contribution is 2.29. The SMILES string of the molecule is C=C(NCC(C)(C)C(=C)O)c1ncc(-c2cccc(CC(C)C)c2)cc1O.COCCc1ccc(C)cc1. The number of aliphatic hydroxyl groups excluding tert-OH is 1. The van der Waals surface area contributed by atoms with Crippen molar-refractivity contribution in [3.05, 3.63) is 102 Å². The lowest BCUT2D eigenvalue weighted by Gasteiger charge is -2.24. The van der Waals surface area contributed by atoms with Gasteiger partial charge in [0.05, 0.1) is 18.1 Å². The number of benzene rings is 2. The van der Waals surface area contributed by atoms with Crippen molar-refractivity contribution < 1.29 is 14.9 Å². The van der Waals surface area contributed by atoms with Crippen LogP contribution in [-0.2, 0) is 17.6 Å². The molecule has 3 rings (SSSR count). The van der Waals surface area contributed by atoms with Crippen LogP contribution in [0.1, 0.15) is 50.1 Å². The molecule has 0 aliphatic heterocycles. The van der Waals surface area contributed by atoms with E-state index in [1.54, 1.807) is 19.4 Å². The van der Waals surface area contributed by atoms with Crippen molar-refractivity contribution >= 4 is 5.70 Å². The molecule has 0 fully saturated rings. The third-order valence-corrected chi connectivity index (χ3v) is 6.30. The minimum absolute atomic E-state index is 0.0693. The van der Waals surface area contributed by atoms with E-state index in [1.165, 1.54) is 16.7 Å². The molecule has 0 aliphatic carbocycles. The van der Waals surface area contributed by atoms with E-state index in [4.69, 9.17) is 4.74 Å². The first-order valence-corrected chi connectivity index (χ1v) is 13.1. The summed E-state index contributed by atoms with van der Waals surface area (Å²) in [5.74, 6) is 0.749. The van der Waals surface area contributed by atoms with Crippen molar-refractivity contribution in [2.24, 2.45) is 11.3 Å². The third-order valence-electron chi connectivity index (χ3n) is 6.30. The molecule has 0 radical (unpaired) electrons. The van der Waals surface area contributed by atoms with E-state index in [1.807, 2.05) is 26.0 Å². The number of methoxy groups -OCH3 is 1. The van der Waals surface area contributed by atoms with Crippen molar-refractivity contribution in [1.29, 1.82) is 0 Å². The summed E-state index contributed by atoms with van der Waals surface area (Å²) in [6, 6.07) is 18.6. The molecule has 0 saturated carbocycles. The van der Waals surface area contributed by atoms with E-state index in [0.717, 1.165) is 30.6 Å². The van der Waals surface area contributed by atoms with E-state index in [0.29, 0.717) is 23.9 Å². The van der Waals surface area contributed by atoms with Gasteiger partial charge in [0.15, 0.2) is 0 Å². The van der Waals surface area contributed by atoms with Crippen molar-refractivity contribution in [2.45, 2.75) is 47.5 Å². The first-order valence-electron chi connectivity index (χ1n) is 13.1. The van der Waals surface area contributed by atoms with Crippen LogP contribution in [0, 0.1) is 18.3 Å². The molecule has 1 heterocycles. The van der Waals surface area contributed by atoms with Crippen LogP contribution in [0.5, 0.6) is 5.75 Å². The van der Waals surface area contributed by atoms with Crippen molar-refractivity contribution in [3.63, 3.8) is 0 Å². The van der Waals surface area contributed by atoms with Crippen LogP contribution in [0.15, 0.2) is 79.7 Å². The monoisotopic (exact) mass is 516 g/mol. The molecule has 0 unspecified atom stereocenters. The number of nitrogens with one attached hydrogen (secondary N) is 1. The molecular weight excluding hydrogens is 472 g/mol. The maximum Gasteiger partial charge on any atom is 0.143 e. The average Bonchev–Trinajstić information content (AvgIpc) is 2.87. The molecule has 204 valence electrons. The second-order valence-electron chi connectivity index (χ2n) is 10.8. The molecule has 0 aliphatic rings. The molecule has 0 spiro atoms. The van der Waals surface area contributed by atoms with Crippen LogP contribution in [0.4, 0.5) is 0 Å². The van der Waals surface area contributed by atoms with Gasteiger partial charge >= 0.3 is 0 Å². The fraction of sp³-hybridized carbons (Fsp3) is 0.364. The van der Waals surface area contributed by atoms with Gasteiger partial charge in [-0.25, -0.2) is 0 Å². The van der Waals surface area contributed by atoms with E-state index >= 15 is 0 Å². The van der Waals surface area contributed by atoms with Crippen LogP contribution in [0.25, 0.3) is 16.8 Å². The molecule has 3 aromatic rings. The molecule has 0 amide bonds. The Labute approximate surface area is 228 Å². The Hall–Kier alpha value is -3.57. The van der Waals surface area contributed by atoms with Gasteiger partial charge in [0.1, 0.15) is 11.4 Å². The zero-order valence-corrected chi connectivity index (χ0v) is 23.8. The first-order chi connectivity index (χ1) is 17.9. The molecule has 0 bridgehead atoms. The largest absolute Gasteiger partial charge is 0.512 e. The summed E-state index contributed by atoms with van der Waals surface area (Å²) in [6.07, 6.45) is 3.77. The zero-order chi connectivity index (χ0) is 28.3. The number of aromatic hydroxyl groups is 1. The molecular formula is C33H44N2O3. The van der Waals surface area contributed by atoms with Crippen LogP contribution in [0.3, 0.4) is 0 Å². The summed E-state index contributed by atoms with van der Waals surface area (Å²) in [5.41, 5.74) is 6.21. The van der Waals surface area contributed by atoms with Gasteiger partial charge in [-0.15, -0.1) is 0 Å². The van der Waals surface area contributed by atoms with Gasteiger partial charge in [-0.3, -0.25) is 4.98 Å². The maximum atomic E-state index is 10.4. The van der Waals surface area contributed by atoms with E-state index in [9.17, 15) is 10.2 Å². The summed E-state index contributed by atoms with van der Waals surface area (Å²) in [4.78, 5) is 4.39. The Kier molecular flexibility index (Phi) is 11.6. The van der Waals surface area contributed by atoms with Crippen molar-refractivity contribution in [1.82, 2.24) is 10.3 Å². The molecule has 0 saturated heterocycles. The summed E-state index contributed by atoms with van der Waals surface area (Å²) in [6.45, 7) is 19.0. The Bertz CT molecular complexity index is 1200. The Balaban J connectivity index is 0.000000384. The lowest BCUT2D eigenvalue weighted by atomic mass is 9.91. The Morgan fingerprint density at radius 1 is 1.03 bits per heavy atom. The molecule has 3 N–H and O–H groups in total. The van der Waals surface area contributed by atoms with E-state index in [2.05, 4.69) is 80.6 Å². The van der Waals surface area contributed by atoms with Crippen LogP contribution in [0.2, 0.25) is 0 Å². The lowest BCUT2D eigenvalue weighted by molar-refractivity contribution is 0.202. The third kappa shape index (κ3) is 9.71. The molecule has 2 aromatic carbocycles. The average molecular weight is 517 g/mol. The van der Waals surface area contributed by atoms with Gasteiger partial charge in [-0.1, -0.05) is 94.9 Å². The number of aryl methyl sites for hydroxylation is 1. The second kappa shape index (κ2) is 14.4. The standard InChI is InChI=1S/C23H30N2O2.C10H14O/c1-15(2)10-18-8-7-9-19(11-18)20-12-21(27)22(24-13-20)16(3)25-14-23(5,6)17(4)26;1-9-3-5-10(6-4-9)7-8-11-2/h7-9,11-13,15,25-27H,3-4,10,14H2,1-2,5-6H3;3-6H,7-8H2,1-2H3. The molecule has 5 heteroatoms. The first kappa shape index (κ1) is 30.7. The van der Waals surface area contributed by atoms with Gasteiger partial charge in [0.2, 0.25) is 0 Å². The molecule has 0 atom stereocenters. The number of nitrogens with zero attached hydrogens (tertiary/aromatic N) is 1. The van der Waals surface area contributed by atoms with Gasteiger partial charge < -0.3 is 20.3 Å². The topological polar surface area (TPSA) is 74.6 Å². The number of aliphatic hydroxyl groups is 1. The number of rotatable bonds is 11. The van der Waals surface area contributed by atoms with Gasteiger partial charge in [-0.05, 0) is 48.4 Å². The fourth-order valence-corrected chi connectivity index (χ4v) is 3.68. The van der Waals surface area contributed by atoms with Crippen LogP contribution in [-0.4, -0.2) is 35.5 Å². The molecule has 1 aromatic heterocycles. The smallest absolute Gasteiger partial charge is 0.143 e. The summed E-state index contributed by atoms with van der Waals surface area (Å²) >= 11 is 0. The van der Waals surface area contributed by atoms with Gasteiger partial charge in [0, 0.05) is 30.8 Å². The minimum atomic E-state index is -0.505. The highest BCUT2D eigenvalue weighted by Gasteiger charge is 2.22. The van der Waals surface area contributed by atoms with Crippen LogP contribution < -0.4 is 5.32 Å². The number of pyridine rings is 1. The van der Waals surface area contributed by atoms with Gasteiger partial charge in [-0.2, -0.15) is 0 Å². The lowest BCUT2D eigenvalue weighted by Crippen LogP contribution is -2.29. The Morgan fingerprint density at radius 3 is 2.29 bits per heavy atom. The van der Waals surface area contributed by atoms with Crippen molar-refractivity contribution in [3.8, 4) is 16.9 Å². The highest BCUT2D eigenvalue weighted by molar-refractivity contribution is 5.70. The predicted octanol–water partition coefficient (Wildman–Crippen LogP) is 7.49.